The Kier molecular flexibility index (Phi) is 5.25. The van der Waals surface area contributed by atoms with E-state index >= 15 is 0 Å². The van der Waals surface area contributed by atoms with Crippen LogP contribution in [0.1, 0.15) is 27.7 Å². The first-order chi connectivity index (χ1) is 8.76. The summed E-state index contributed by atoms with van der Waals surface area (Å²) in [7, 11) is 0. The first-order valence-electron chi connectivity index (χ1n) is 6.37. The molecule has 0 aromatic heterocycles. The Morgan fingerprint density at radius 3 is 2.63 bits per heavy atom. The van der Waals surface area contributed by atoms with E-state index < -0.39 is 34.6 Å². The molecule has 7 nitrogen and oxygen atoms in total. The van der Waals surface area contributed by atoms with E-state index in [9.17, 15) is 14.9 Å². The maximum absolute atomic E-state index is 11.7. The van der Waals surface area contributed by atoms with Gasteiger partial charge in [0.1, 0.15) is 0 Å². The lowest BCUT2D eigenvalue weighted by Gasteiger charge is -2.25. The summed E-state index contributed by atoms with van der Waals surface area (Å²) in [5.74, 6) is -2.38. The fourth-order valence-electron chi connectivity index (χ4n) is 2.14. The summed E-state index contributed by atoms with van der Waals surface area (Å²) in [4.78, 5) is 22.1. The number of carbonyl (C=O) groups is 1. The van der Waals surface area contributed by atoms with E-state index in [-0.39, 0.29) is 19.8 Å². The van der Waals surface area contributed by atoms with Crippen molar-refractivity contribution in [2.24, 2.45) is 11.8 Å². The lowest BCUT2D eigenvalue weighted by Crippen LogP contribution is -2.39. The Morgan fingerprint density at radius 2 is 2.21 bits per heavy atom. The van der Waals surface area contributed by atoms with Crippen LogP contribution in [-0.2, 0) is 19.0 Å². The third-order valence-electron chi connectivity index (χ3n) is 3.17. The summed E-state index contributed by atoms with van der Waals surface area (Å²) in [6.45, 7) is 6.96. The van der Waals surface area contributed by atoms with Gasteiger partial charge in [-0.3, -0.25) is 14.9 Å². The molecule has 1 aliphatic heterocycles. The zero-order chi connectivity index (χ0) is 14.6. The van der Waals surface area contributed by atoms with Crippen LogP contribution in [0.4, 0.5) is 0 Å². The molecule has 1 aliphatic rings. The van der Waals surface area contributed by atoms with Crippen molar-refractivity contribution in [3.8, 4) is 0 Å². The topological polar surface area (TPSA) is 87.9 Å². The van der Waals surface area contributed by atoms with E-state index in [1.54, 1.807) is 27.7 Å². The summed E-state index contributed by atoms with van der Waals surface area (Å²) >= 11 is 0. The van der Waals surface area contributed by atoms with Crippen LogP contribution in [0.2, 0.25) is 0 Å². The zero-order valence-electron chi connectivity index (χ0n) is 11.8. The second-order valence-corrected chi connectivity index (χ2v) is 5.09. The molecular weight excluding hydrogens is 254 g/mol. The maximum Gasteiger partial charge on any atom is 0.309 e. The van der Waals surface area contributed by atoms with E-state index in [1.165, 1.54) is 0 Å². The third kappa shape index (κ3) is 4.43. The van der Waals surface area contributed by atoms with Crippen molar-refractivity contribution in [1.29, 1.82) is 0 Å². The highest BCUT2D eigenvalue weighted by Crippen LogP contribution is 2.31. The Balaban J connectivity index is 2.77. The predicted molar refractivity (Wildman–Crippen MR) is 66.1 cm³/mol. The minimum absolute atomic E-state index is 0.245. The first-order valence-corrected chi connectivity index (χ1v) is 6.37. The minimum atomic E-state index is -0.770. The van der Waals surface area contributed by atoms with Gasteiger partial charge in [-0.2, -0.15) is 0 Å². The SMILES string of the molecule is CCOC(=O)[C@@H](C)[C@@H](C[N+](=O)[O-])[C@H]1COC(C)(C)O1. The van der Waals surface area contributed by atoms with Crippen LogP contribution in [0.3, 0.4) is 0 Å². The first kappa shape index (κ1) is 15.8. The van der Waals surface area contributed by atoms with Crippen LogP contribution in [-0.4, -0.2) is 42.5 Å². The number of hydrogen-bond acceptors (Lipinski definition) is 6. The number of nitrogens with zero attached hydrogens (tertiary/aromatic N) is 1. The number of nitro groups is 1. The minimum Gasteiger partial charge on any atom is -0.466 e. The molecule has 19 heavy (non-hydrogen) atoms. The molecule has 0 bridgehead atoms. The van der Waals surface area contributed by atoms with Gasteiger partial charge in [-0.05, 0) is 20.8 Å². The van der Waals surface area contributed by atoms with Gasteiger partial charge >= 0.3 is 5.97 Å². The van der Waals surface area contributed by atoms with E-state index in [0.29, 0.717) is 0 Å². The zero-order valence-corrected chi connectivity index (χ0v) is 11.8. The predicted octanol–water partition coefficient (Wildman–Crippen LogP) is 1.23. The molecule has 0 saturated carbocycles. The van der Waals surface area contributed by atoms with E-state index in [2.05, 4.69) is 0 Å². The van der Waals surface area contributed by atoms with E-state index in [1.807, 2.05) is 0 Å². The highest BCUT2D eigenvalue weighted by molar-refractivity contribution is 5.72. The summed E-state index contributed by atoms with van der Waals surface area (Å²) in [6, 6.07) is 0. The molecule has 0 N–H and O–H groups in total. The summed E-state index contributed by atoms with van der Waals surface area (Å²) in [6.07, 6.45) is -0.472. The van der Waals surface area contributed by atoms with Gasteiger partial charge in [-0.25, -0.2) is 0 Å². The van der Waals surface area contributed by atoms with E-state index in [4.69, 9.17) is 14.2 Å². The Bertz CT molecular complexity index is 343. The van der Waals surface area contributed by atoms with Gasteiger partial charge in [0.05, 0.1) is 31.2 Å². The Hall–Kier alpha value is -1.21. The second kappa shape index (κ2) is 6.29. The fraction of sp³-hybridized carbons (Fsp3) is 0.917. The monoisotopic (exact) mass is 275 g/mol. The van der Waals surface area contributed by atoms with Crippen LogP contribution < -0.4 is 0 Å². The molecule has 1 heterocycles. The number of hydrogen-bond donors (Lipinski definition) is 0. The van der Waals surface area contributed by atoms with Crippen LogP contribution in [0.5, 0.6) is 0 Å². The van der Waals surface area contributed by atoms with Gasteiger partial charge < -0.3 is 14.2 Å². The lowest BCUT2D eigenvalue weighted by atomic mass is 9.89. The Morgan fingerprint density at radius 1 is 1.58 bits per heavy atom. The third-order valence-corrected chi connectivity index (χ3v) is 3.17. The molecule has 0 spiro atoms. The smallest absolute Gasteiger partial charge is 0.309 e. The van der Waals surface area contributed by atoms with Gasteiger partial charge in [-0.15, -0.1) is 0 Å². The number of rotatable bonds is 6. The number of ether oxygens (including phenoxy) is 3. The second-order valence-electron chi connectivity index (χ2n) is 5.09. The highest BCUT2D eigenvalue weighted by Gasteiger charge is 2.43. The molecule has 0 aliphatic carbocycles. The highest BCUT2D eigenvalue weighted by atomic mass is 16.7. The number of esters is 1. The van der Waals surface area contributed by atoms with Crippen molar-refractivity contribution in [2.75, 3.05) is 19.8 Å². The van der Waals surface area contributed by atoms with Crippen LogP contribution in [0.15, 0.2) is 0 Å². The van der Waals surface area contributed by atoms with E-state index in [0.717, 1.165) is 0 Å². The molecule has 0 unspecified atom stereocenters. The molecule has 7 heteroatoms. The van der Waals surface area contributed by atoms with Crippen molar-refractivity contribution in [3.63, 3.8) is 0 Å². The molecule has 3 atom stereocenters. The summed E-state index contributed by atoms with van der Waals surface area (Å²) in [5.41, 5.74) is 0. The van der Waals surface area contributed by atoms with Crippen molar-refractivity contribution < 1.29 is 23.9 Å². The van der Waals surface area contributed by atoms with Crippen LogP contribution >= 0.6 is 0 Å². The Labute approximate surface area is 112 Å². The van der Waals surface area contributed by atoms with Gasteiger partial charge in [0.15, 0.2) is 5.79 Å². The van der Waals surface area contributed by atoms with Crippen molar-refractivity contribution in [1.82, 2.24) is 0 Å². The van der Waals surface area contributed by atoms with Gasteiger partial charge in [0.25, 0.3) is 0 Å². The normalized spacial score (nSPS) is 24.7. The van der Waals surface area contributed by atoms with Gasteiger partial charge in [-0.1, -0.05) is 6.92 Å². The molecule has 0 aromatic carbocycles. The molecule has 1 fully saturated rings. The quantitative estimate of drug-likeness (QED) is 0.411. The standard InChI is InChI=1S/C12H21NO6/c1-5-17-11(14)8(2)9(6-13(15)16)10-7-18-12(3,4)19-10/h8-10H,5-7H2,1-4H3/t8-,9+,10+/m0/s1. The molecule has 0 aromatic rings. The van der Waals surface area contributed by atoms with Crippen molar-refractivity contribution in [3.05, 3.63) is 10.1 Å². The largest absolute Gasteiger partial charge is 0.466 e. The lowest BCUT2D eigenvalue weighted by molar-refractivity contribution is -0.492. The van der Waals surface area contributed by atoms with Crippen molar-refractivity contribution >= 4 is 5.97 Å². The molecular formula is C12H21NO6. The molecule has 110 valence electrons. The van der Waals surface area contributed by atoms with Crippen LogP contribution in [0.25, 0.3) is 0 Å². The average molecular weight is 275 g/mol. The number of carbonyl (C=O) groups excluding carboxylic acids is 1. The van der Waals surface area contributed by atoms with Crippen molar-refractivity contribution in [2.45, 2.75) is 39.6 Å². The molecule has 1 saturated heterocycles. The molecule has 0 radical (unpaired) electrons. The fourth-order valence-corrected chi connectivity index (χ4v) is 2.14. The summed E-state index contributed by atoms with van der Waals surface area (Å²) in [5, 5.41) is 10.8. The summed E-state index contributed by atoms with van der Waals surface area (Å²) < 4.78 is 16.0. The average Bonchev–Trinajstić information content (AvgIpc) is 2.65. The van der Waals surface area contributed by atoms with Gasteiger partial charge in [0, 0.05) is 4.92 Å². The van der Waals surface area contributed by atoms with Crippen LogP contribution in [0, 0.1) is 22.0 Å². The molecule has 1 rings (SSSR count). The van der Waals surface area contributed by atoms with Gasteiger partial charge in [0.2, 0.25) is 6.54 Å². The molecule has 0 amide bonds. The maximum atomic E-state index is 11.7.